The number of hydrogen-bond acceptors (Lipinski definition) is 8. The molecule has 7 rings (SSSR count). The first-order chi connectivity index (χ1) is 20.9. The number of aliphatic hydroxyl groups is 2. The number of aromatic hydroxyl groups is 1. The fraction of sp³-hybridized carbons (Fsp3) is 0.364. The van der Waals surface area contributed by atoms with Gasteiger partial charge in [0, 0.05) is 18.6 Å². The van der Waals surface area contributed by atoms with Crippen LogP contribution in [0.1, 0.15) is 66.9 Å². The molecule has 3 aromatic rings. The van der Waals surface area contributed by atoms with E-state index < -0.39 is 33.1 Å². The third kappa shape index (κ3) is 9.55. The van der Waals surface area contributed by atoms with Crippen LogP contribution < -0.4 is 45.8 Å². The first-order valence-corrected chi connectivity index (χ1v) is 16.1. The molecule has 12 heteroatoms. The van der Waals surface area contributed by atoms with Gasteiger partial charge in [-0.05, 0) is 78.5 Å². The first-order valence-electron chi connectivity index (χ1n) is 14.6. The zero-order chi connectivity index (χ0) is 31.9. The molecule has 0 aliphatic carbocycles. The fourth-order valence-corrected chi connectivity index (χ4v) is 6.86. The Morgan fingerprint density at radius 1 is 1.09 bits per heavy atom. The molecular formula is C33H40N3NaO7S. The molecule has 4 aliphatic heterocycles. The minimum Gasteiger partial charge on any atom is -0.748 e. The Morgan fingerprint density at radius 3 is 2.29 bits per heavy atom. The first kappa shape index (κ1) is 36.6. The Morgan fingerprint density at radius 2 is 1.73 bits per heavy atom. The van der Waals surface area contributed by atoms with Gasteiger partial charge in [0.05, 0.1) is 21.5 Å². The number of benzene rings is 3. The molecule has 4 bridgehead atoms. The van der Waals surface area contributed by atoms with E-state index in [4.69, 9.17) is 16.2 Å². The molecule has 5 atom stereocenters. The Hall–Kier alpha value is -2.90. The summed E-state index contributed by atoms with van der Waals surface area (Å²) in [7, 11) is -4.77. The van der Waals surface area contributed by atoms with Gasteiger partial charge in [-0.1, -0.05) is 67.6 Å². The van der Waals surface area contributed by atoms with Crippen LogP contribution >= 0.6 is 0 Å². The van der Waals surface area contributed by atoms with E-state index in [1.54, 1.807) is 54.6 Å². The van der Waals surface area contributed by atoms with Gasteiger partial charge < -0.3 is 36.1 Å². The summed E-state index contributed by atoms with van der Waals surface area (Å²) in [5, 5.41) is 28.8. The van der Waals surface area contributed by atoms with Crippen molar-refractivity contribution in [2.75, 3.05) is 6.61 Å². The van der Waals surface area contributed by atoms with Crippen LogP contribution in [0.15, 0.2) is 89.9 Å². The van der Waals surface area contributed by atoms with Crippen LogP contribution in [0.4, 0.5) is 0 Å². The van der Waals surface area contributed by atoms with Crippen molar-refractivity contribution < 1.29 is 62.6 Å². The Bertz CT molecular complexity index is 1540. The molecule has 4 aliphatic rings. The van der Waals surface area contributed by atoms with E-state index in [2.05, 4.69) is 4.99 Å². The molecule has 0 radical (unpaired) electrons. The number of phenolic OH excluding ortho intramolecular Hbond substituents is 1. The maximum Gasteiger partial charge on any atom is 1.00 e. The molecule has 0 aromatic heterocycles. The van der Waals surface area contributed by atoms with Gasteiger partial charge in [0.25, 0.3) is 0 Å². The van der Waals surface area contributed by atoms with Crippen LogP contribution in [0.5, 0.6) is 11.5 Å². The molecular weight excluding hydrogens is 605 g/mol. The summed E-state index contributed by atoms with van der Waals surface area (Å²) < 4.78 is 45.0. The number of nitrogens with two attached hydrogens (primary N) is 2. The molecule has 0 saturated carbocycles. The van der Waals surface area contributed by atoms with Crippen molar-refractivity contribution in [3.05, 3.63) is 107 Å². The molecule has 3 aromatic carbocycles. The standard InChI is InChI=1S/C33H41N3O7S.Na/c1-2-23-21-31(44(40,41)42)26(10-17-30(39)25-6-13-28(38)14-7-25)20-22-4-11-27(12-5-22)33(18-3-19-37,36-32(34)35)43-29-15-8-24(23)9-16-29;/h4-17,23,26,30-31,37-39H,2-3,18-21H2,1H3,(H4,34,35,36)(H,40,41,42);/q;+1/p-1/b17-10+;/t23-,26+,30-,31-,33+;/m1./s1. The second-order valence-corrected chi connectivity index (χ2v) is 12.8. The quantitative estimate of drug-likeness (QED) is 0.0741. The predicted molar refractivity (Wildman–Crippen MR) is 168 cm³/mol. The van der Waals surface area contributed by atoms with Gasteiger partial charge in [-0.25, -0.2) is 13.4 Å². The number of guanidine groups is 1. The number of nitrogens with zero attached hydrogens (tertiary/aromatic N) is 1. The van der Waals surface area contributed by atoms with E-state index in [-0.39, 0.29) is 73.1 Å². The van der Waals surface area contributed by atoms with Crippen LogP contribution in [-0.2, 0) is 22.3 Å². The average molecular weight is 646 g/mol. The zero-order valence-electron chi connectivity index (χ0n) is 25.6. The van der Waals surface area contributed by atoms with Gasteiger partial charge in [-0.15, -0.1) is 0 Å². The summed E-state index contributed by atoms with van der Waals surface area (Å²) >= 11 is 0. The van der Waals surface area contributed by atoms with Gasteiger partial charge in [-0.3, -0.25) is 0 Å². The molecule has 45 heavy (non-hydrogen) atoms. The molecule has 10 nitrogen and oxygen atoms in total. The number of hydrogen-bond donors (Lipinski definition) is 5. The van der Waals surface area contributed by atoms with Crippen molar-refractivity contribution in [3.63, 3.8) is 0 Å². The zero-order valence-corrected chi connectivity index (χ0v) is 28.4. The number of phenols is 1. The van der Waals surface area contributed by atoms with E-state index in [1.807, 2.05) is 19.1 Å². The number of allylic oxidation sites excluding steroid dienone is 1. The van der Waals surface area contributed by atoms with Gasteiger partial charge in [0.2, 0.25) is 5.72 Å². The summed E-state index contributed by atoms with van der Waals surface area (Å²) in [6.07, 6.45) is 3.51. The minimum absolute atomic E-state index is 0. The fourth-order valence-electron chi connectivity index (χ4n) is 5.78. The number of aliphatic imine (C=N–C) groups is 1. The van der Waals surface area contributed by atoms with E-state index in [0.717, 1.165) is 11.1 Å². The largest absolute Gasteiger partial charge is 1.00 e. The molecule has 0 unspecified atom stereocenters. The van der Waals surface area contributed by atoms with Crippen LogP contribution in [0, 0.1) is 5.92 Å². The summed E-state index contributed by atoms with van der Waals surface area (Å²) in [5.41, 5.74) is 13.1. The SMILES string of the molecule is CC[C@@H]1C[C@@H](S(=O)(=O)[O-])[C@@H](/C=C/[C@@H](O)c2ccc(O)cc2)Cc2ccc(cc2)[C@@](CCCO)(N=C(N)N)Oc2ccc1cc2.[Na+]. The van der Waals surface area contributed by atoms with Gasteiger partial charge >= 0.3 is 29.6 Å². The van der Waals surface area contributed by atoms with Crippen molar-refractivity contribution in [1.82, 2.24) is 0 Å². The van der Waals surface area contributed by atoms with E-state index in [0.29, 0.717) is 29.7 Å². The van der Waals surface area contributed by atoms with E-state index in [1.165, 1.54) is 18.2 Å². The van der Waals surface area contributed by atoms with Crippen LogP contribution in [0.2, 0.25) is 0 Å². The molecule has 4 heterocycles. The van der Waals surface area contributed by atoms with Crippen molar-refractivity contribution in [1.29, 1.82) is 0 Å². The van der Waals surface area contributed by atoms with Crippen molar-refractivity contribution in [2.24, 2.45) is 22.4 Å². The van der Waals surface area contributed by atoms with Crippen molar-refractivity contribution >= 4 is 16.1 Å². The van der Waals surface area contributed by atoms with Gasteiger partial charge in [0.15, 0.2) is 5.96 Å². The van der Waals surface area contributed by atoms with Crippen molar-refractivity contribution in [3.8, 4) is 11.5 Å². The smallest absolute Gasteiger partial charge is 0.748 e. The third-order valence-corrected chi connectivity index (χ3v) is 9.41. The maximum absolute atomic E-state index is 12.8. The normalized spacial score (nSPS) is 22.5. The Labute approximate surface area is 286 Å². The number of aliphatic hydroxyl groups excluding tert-OH is 2. The maximum atomic E-state index is 12.8. The molecule has 236 valence electrons. The van der Waals surface area contributed by atoms with Crippen molar-refractivity contribution in [2.45, 2.75) is 62.0 Å². The topological polar surface area (TPSA) is 192 Å². The molecule has 7 N–H and O–H groups in total. The molecule has 0 saturated heterocycles. The van der Waals surface area contributed by atoms with Crippen LogP contribution in [0.3, 0.4) is 0 Å². The number of rotatable bonds is 9. The summed E-state index contributed by atoms with van der Waals surface area (Å²) in [6, 6.07) is 20.4. The predicted octanol–water partition coefficient (Wildman–Crippen LogP) is 0.934. The monoisotopic (exact) mass is 645 g/mol. The minimum atomic E-state index is -4.77. The third-order valence-electron chi connectivity index (χ3n) is 8.13. The van der Waals surface area contributed by atoms with E-state index in [9.17, 15) is 28.3 Å². The van der Waals surface area contributed by atoms with Crippen LogP contribution in [0.25, 0.3) is 0 Å². The molecule has 0 amide bonds. The average Bonchev–Trinajstić information content (AvgIpc) is 2.99. The second-order valence-electron chi connectivity index (χ2n) is 11.2. The van der Waals surface area contributed by atoms with Crippen LogP contribution in [-0.4, -0.2) is 46.1 Å². The van der Waals surface area contributed by atoms with Gasteiger partial charge in [-0.2, -0.15) is 0 Å². The van der Waals surface area contributed by atoms with E-state index >= 15 is 0 Å². The molecule has 0 fully saturated rings. The number of ether oxygens (including phenoxy) is 1. The Kier molecular flexibility index (Phi) is 13.1. The molecule has 0 spiro atoms. The van der Waals surface area contributed by atoms with Gasteiger partial charge in [0.1, 0.15) is 11.5 Å². The Balaban J connectivity index is 0.00000552. The summed E-state index contributed by atoms with van der Waals surface area (Å²) in [6.45, 7) is 1.84. The second kappa shape index (κ2) is 16.1. The summed E-state index contributed by atoms with van der Waals surface area (Å²) in [4.78, 5) is 4.48. The summed E-state index contributed by atoms with van der Waals surface area (Å²) in [5.74, 6) is -0.672.